The Kier molecular flexibility index (Phi) is 5.48. The maximum atomic E-state index is 13.5. The summed E-state index contributed by atoms with van der Waals surface area (Å²) in [5, 5.41) is 16.5. The molecule has 0 saturated carbocycles. The molecule has 1 amide bonds. The number of ether oxygens (including phenoxy) is 1. The van der Waals surface area contributed by atoms with Crippen molar-refractivity contribution >= 4 is 38.5 Å². The van der Waals surface area contributed by atoms with E-state index < -0.39 is 0 Å². The Morgan fingerprint density at radius 3 is 2.73 bits per heavy atom. The lowest BCUT2D eigenvalue weighted by Crippen LogP contribution is -2.14. The van der Waals surface area contributed by atoms with Gasteiger partial charge in [-0.3, -0.25) is 10.1 Å². The van der Waals surface area contributed by atoms with E-state index in [0.717, 1.165) is 11.1 Å². The first-order valence-electron chi connectivity index (χ1n) is 11.0. The molecule has 6 rings (SSSR count). The lowest BCUT2D eigenvalue weighted by atomic mass is 10.0. The average molecular weight is 505 g/mol. The third-order valence-electron chi connectivity index (χ3n) is 5.71. The number of carbonyl (C=O) groups excluding carboxylic acids is 1. The third-order valence-corrected chi connectivity index (χ3v) is 6.56. The highest BCUT2D eigenvalue weighted by Gasteiger charge is 2.20. The number of anilines is 1. The summed E-state index contributed by atoms with van der Waals surface area (Å²) in [6.45, 7) is 0. The summed E-state index contributed by atoms with van der Waals surface area (Å²) in [7, 11) is 1.58. The van der Waals surface area contributed by atoms with E-state index in [1.54, 1.807) is 42.2 Å². The summed E-state index contributed by atoms with van der Waals surface area (Å²) in [5.74, 6) is 0.262. The number of rotatable bonds is 5. The van der Waals surface area contributed by atoms with Crippen LogP contribution in [0.15, 0.2) is 73.3 Å². The second-order valence-electron chi connectivity index (χ2n) is 7.91. The molecule has 1 N–H and O–H groups in total. The Bertz CT molecular complexity index is 1840. The number of nitriles is 1. The quantitative estimate of drug-likeness (QED) is 0.360. The molecule has 4 aromatic heterocycles. The van der Waals surface area contributed by atoms with Gasteiger partial charge in [0.25, 0.3) is 5.91 Å². The Balaban J connectivity index is 1.36. The van der Waals surface area contributed by atoms with E-state index in [1.807, 2.05) is 36.4 Å². The van der Waals surface area contributed by atoms with Crippen LogP contribution in [0, 0.1) is 11.3 Å². The monoisotopic (exact) mass is 504 g/mol. The minimum absolute atomic E-state index is 0.363. The highest BCUT2D eigenvalue weighted by Crippen LogP contribution is 2.33. The molecule has 0 bridgehead atoms. The van der Waals surface area contributed by atoms with Gasteiger partial charge in [0.05, 0.1) is 36.2 Å². The molecule has 0 unspecified atom stereocenters. The van der Waals surface area contributed by atoms with Crippen molar-refractivity contribution in [2.75, 3.05) is 12.4 Å². The van der Waals surface area contributed by atoms with E-state index in [0.29, 0.717) is 49.4 Å². The number of hydrogen-bond acceptors (Lipinski definition) is 9. The Morgan fingerprint density at radius 1 is 1.08 bits per heavy atom. The van der Waals surface area contributed by atoms with Crippen LogP contribution in [0.3, 0.4) is 0 Å². The zero-order valence-electron chi connectivity index (χ0n) is 19.3. The smallest absolute Gasteiger partial charge is 0.258 e. The van der Waals surface area contributed by atoms with E-state index in [4.69, 9.17) is 10.00 Å². The van der Waals surface area contributed by atoms with Gasteiger partial charge in [-0.05, 0) is 24.3 Å². The SMILES string of the molecule is COc1ccccc1-c1cn2ncnc2cc1C(=O)Nc1nc2ncc(-c3ccc(C#N)cc3)nc2s1. The zero-order chi connectivity index (χ0) is 25.4. The summed E-state index contributed by atoms with van der Waals surface area (Å²) in [6.07, 6.45) is 4.80. The van der Waals surface area contributed by atoms with Gasteiger partial charge in [-0.1, -0.05) is 41.7 Å². The number of hydrogen-bond donors (Lipinski definition) is 1. The van der Waals surface area contributed by atoms with Gasteiger partial charge in [0, 0.05) is 22.9 Å². The lowest BCUT2D eigenvalue weighted by molar-refractivity contribution is 0.102. The van der Waals surface area contributed by atoms with Crippen LogP contribution in [-0.4, -0.2) is 42.6 Å². The molecule has 0 atom stereocenters. The van der Waals surface area contributed by atoms with E-state index >= 15 is 0 Å². The van der Waals surface area contributed by atoms with Crippen molar-refractivity contribution in [2.45, 2.75) is 0 Å². The molecule has 11 heteroatoms. The fraction of sp³-hybridized carbons (Fsp3) is 0.0385. The van der Waals surface area contributed by atoms with Gasteiger partial charge in [0.15, 0.2) is 21.3 Å². The topological polar surface area (TPSA) is 131 Å². The van der Waals surface area contributed by atoms with Gasteiger partial charge in [0.1, 0.15) is 12.1 Å². The standard InChI is InChI=1S/C26H16N8O2S/c1-36-21-5-3-2-4-17(21)19-13-34-22(29-14-30-34)10-18(19)24(35)33-26-32-23-25(37-26)31-20(12-28-23)16-8-6-15(11-27)7-9-16/h2-10,12-14H,1H3,(H,28,32,33,35). The van der Waals surface area contributed by atoms with Gasteiger partial charge in [-0.25, -0.2) is 19.5 Å². The molecule has 0 saturated heterocycles. The molecule has 37 heavy (non-hydrogen) atoms. The Morgan fingerprint density at radius 2 is 1.92 bits per heavy atom. The van der Waals surface area contributed by atoms with Crippen molar-refractivity contribution in [3.63, 3.8) is 0 Å². The molecule has 2 aromatic carbocycles. The van der Waals surface area contributed by atoms with Gasteiger partial charge in [-0.2, -0.15) is 15.3 Å². The van der Waals surface area contributed by atoms with Gasteiger partial charge in [-0.15, -0.1) is 0 Å². The normalized spacial score (nSPS) is 10.9. The van der Waals surface area contributed by atoms with Crippen LogP contribution in [-0.2, 0) is 0 Å². The van der Waals surface area contributed by atoms with E-state index in [1.165, 1.54) is 17.7 Å². The lowest BCUT2D eigenvalue weighted by Gasteiger charge is -2.13. The van der Waals surface area contributed by atoms with Gasteiger partial charge < -0.3 is 4.74 Å². The Hall–Kier alpha value is -5.21. The van der Waals surface area contributed by atoms with Gasteiger partial charge in [0.2, 0.25) is 0 Å². The largest absolute Gasteiger partial charge is 0.496 e. The Labute approximate surface area is 213 Å². The third kappa shape index (κ3) is 4.11. The summed E-state index contributed by atoms with van der Waals surface area (Å²) in [4.78, 5) is 31.8. The minimum Gasteiger partial charge on any atom is -0.496 e. The number of thiazole rings is 1. The van der Waals surface area contributed by atoms with Crippen LogP contribution in [0.1, 0.15) is 15.9 Å². The van der Waals surface area contributed by atoms with E-state index in [9.17, 15) is 4.79 Å². The number of nitrogens with zero attached hydrogens (tertiary/aromatic N) is 7. The highest BCUT2D eigenvalue weighted by atomic mass is 32.1. The number of pyridine rings is 1. The fourth-order valence-electron chi connectivity index (χ4n) is 3.92. The molecule has 0 aliphatic carbocycles. The van der Waals surface area contributed by atoms with Gasteiger partial charge >= 0.3 is 0 Å². The van der Waals surface area contributed by atoms with Crippen LogP contribution < -0.4 is 10.1 Å². The second-order valence-corrected chi connectivity index (χ2v) is 8.89. The zero-order valence-corrected chi connectivity index (χ0v) is 20.1. The number of benzene rings is 2. The molecule has 178 valence electrons. The number of amides is 1. The van der Waals surface area contributed by atoms with Crippen LogP contribution in [0.2, 0.25) is 0 Å². The molecular formula is C26H16N8O2S. The van der Waals surface area contributed by atoms with Crippen molar-refractivity contribution in [2.24, 2.45) is 0 Å². The predicted molar refractivity (Wildman–Crippen MR) is 138 cm³/mol. The fourth-order valence-corrected chi connectivity index (χ4v) is 4.72. The summed E-state index contributed by atoms with van der Waals surface area (Å²) in [5.41, 5.74) is 4.77. The van der Waals surface area contributed by atoms with E-state index in [2.05, 4.69) is 36.4 Å². The van der Waals surface area contributed by atoms with Crippen molar-refractivity contribution in [3.05, 3.63) is 84.4 Å². The minimum atomic E-state index is -0.363. The molecule has 0 radical (unpaired) electrons. The van der Waals surface area contributed by atoms with Crippen LogP contribution in [0.25, 0.3) is 38.5 Å². The molecule has 0 aliphatic rings. The predicted octanol–water partition coefficient (Wildman–Crippen LogP) is 4.60. The molecule has 0 aliphatic heterocycles. The second kappa shape index (κ2) is 9.10. The molecule has 0 spiro atoms. The first-order chi connectivity index (χ1) is 18.1. The summed E-state index contributed by atoms with van der Waals surface area (Å²) in [6, 6.07) is 18.3. The van der Waals surface area contributed by atoms with Crippen LogP contribution in [0.5, 0.6) is 5.75 Å². The van der Waals surface area contributed by atoms with Crippen molar-refractivity contribution in [3.8, 4) is 34.2 Å². The number of para-hydroxylation sites is 1. The molecular weight excluding hydrogens is 488 g/mol. The maximum Gasteiger partial charge on any atom is 0.258 e. The first-order valence-corrected chi connectivity index (χ1v) is 11.9. The molecule has 10 nitrogen and oxygen atoms in total. The molecule has 0 fully saturated rings. The number of aromatic nitrogens is 6. The number of methoxy groups -OCH3 is 1. The van der Waals surface area contributed by atoms with E-state index in [-0.39, 0.29) is 5.91 Å². The van der Waals surface area contributed by atoms with Crippen molar-refractivity contribution in [1.29, 1.82) is 5.26 Å². The number of fused-ring (bicyclic) bond motifs is 2. The summed E-state index contributed by atoms with van der Waals surface area (Å²) < 4.78 is 7.13. The molecule has 4 heterocycles. The van der Waals surface area contributed by atoms with Crippen LogP contribution in [0.4, 0.5) is 5.13 Å². The first kappa shape index (κ1) is 22.3. The number of carbonyl (C=O) groups is 1. The number of nitrogens with one attached hydrogen (secondary N) is 1. The highest BCUT2D eigenvalue weighted by molar-refractivity contribution is 7.21. The van der Waals surface area contributed by atoms with Crippen LogP contribution >= 0.6 is 11.3 Å². The summed E-state index contributed by atoms with van der Waals surface area (Å²) >= 11 is 1.22. The average Bonchev–Trinajstić information content (AvgIpc) is 3.57. The maximum absolute atomic E-state index is 13.5. The van der Waals surface area contributed by atoms with Crippen molar-refractivity contribution < 1.29 is 9.53 Å². The van der Waals surface area contributed by atoms with Crippen molar-refractivity contribution in [1.82, 2.24) is 29.5 Å². The molecule has 6 aromatic rings.